The van der Waals surface area contributed by atoms with Crippen LogP contribution >= 0.6 is 0 Å². The zero-order chi connectivity index (χ0) is 20.9. The molecule has 0 bridgehead atoms. The number of carbonyl (C=O) groups is 1. The molecule has 0 fully saturated rings. The molecule has 30 heavy (non-hydrogen) atoms. The molecule has 2 heterocycles. The molecule has 2 aromatic heterocycles. The number of carbonyl (C=O) groups excluding carboxylic acids is 1. The van der Waals surface area contributed by atoms with E-state index < -0.39 is 0 Å². The number of rotatable bonds is 7. The lowest BCUT2D eigenvalue weighted by Gasteiger charge is -2.06. The Hall–Kier alpha value is -3.74. The van der Waals surface area contributed by atoms with Gasteiger partial charge in [0, 0.05) is 30.7 Å². The second kappa shape index (κ2) is 8.73. The number of amides is 1. The fraction of sp³-hybridized carbons (Fsp3) is 0.174. The number of hydrogen-bond acceptors (Lipinski definition) is 3. The van der Waals surface area contributed by atoms with Crippen molar-refractivity contribution in [3.63, 3.8) is 0 Å². The third-order valence-electron chi connectivity index (χ3n) is 4.81. The van der Waals surface area contributed by atoms with Crippen molar-refractivity contribution in [2.75, 3.05) is 0 Å². The molecule has 0 aliphatic carbocycles. The third kappa shape index (κ3) is 4.81. The first-order chi connectivity index (χ1) is 14.6. The minimum Gasteiger partial charge on any atom is -0.348 e. The van der Waals surface area contributed by atoms with Crippen molar-refractivity contribution in [2.24, 2.45) is 0 Å². The van der Waals surface area contributed by atoms with Gasteiger partial charge in [-0.3, -0.25) is 14.2 Å². The summed E-state index contributed by atoms with van der Waals surface area (Å²) >= 11 is 0. The summed E-state index contributed by atoms with van der Waals surface area (Å²) in [4.78, 5) is 12.4. The number of nitrogens with one attached hydrogen (secondary N) is 1. The quantitative estimate of drug-likeness (QED) is 0.513. The Bertz CT molecular complexity index is 1130. The van der Waals surface area contributed by atoms with Gasteiger partial charge in [0.1, 0.15) is 5.82 Å². The standard InChI is InChI=1S/C23H22FN5O/c1-17-3-8-20(22(24)11-17)12-25-23(30)21-13-27-29(16-21)15-19-6-4-18(5-7-19)14-28-10-2-9-26-28/h2-11,13,16H,12,14-15H2,1H3,(H,25,30). The maximum absolute atomic E-state index is 13.9. The molecular formula is C23H22FN5O. The van der Waals surface area contributed by atoms with E-state index in [1.165, 1.54) is 12.3 Å². The molecule has 0 aliphatic heterocycles. The summed E-state index contributed by atoms with van der Waals surface area (Å²) in [6.45, 7) is 3.24. The van der Waals surface area contributed by atoms with Crippen LogP contribution < -0.4 is 5.32 Å². The smallest absolute Gasteiger partial charge is 0.254 e. The van der Waals surface area contributed by atoms with Crippen LogP contribution in [0.2, 0.25) is 0 Å². The van der Waals surface area contributed by atoms with Crippen LogP contribution in [-0.4, -0.2) is 25.5 Å². The first-order valence-electron chi connectivity index (χ1n) is 9.68. The summed E-state index contributed by atoms with van der Waals surface area (Å²) < 4.78 is 17.5. The molecule has 4 rings (SSSR count). The van der Waals surface area contributed by atoms with E-state index in [-0.39, 0.29) is 18.3 Å². The molecule has 0 unspecified atom stereocenters. The fourth-order valence-electron chi connectivity index (χ4n) is 3.16. The van der Waals surface area contributed by atoms with Crippen molar-refractivity contribution in [2.45, 2.75) is 26.6 Å². The molecular weight excluding hydrogens is 381 g/mol. The van der Waals surface area contributed by atoms with Crippen LogP contribution in [0, 0.1) is 12.7 Å². The van der Waals surface area contributed by atoms with Gasteiger partial charge >= 0.3 is 0 Å². The van der Waals surface area contributed by atoms with Crippen LogP contribution in [0.5, 0.6) is 0 Å². The van der Waals surface area contributed by atoms with E-state index in [0.29, 0.717) is 17.7 Å². The van der Waals surface area contributed by atoms with Crippen molar-refractivity contribution in [1.29, 1.82) is 0 Å². The maximum atomic E-state index is 13.9. The van der Waals surface area contributed by atoms with E-state index in [2.05, 4.69) is 27.6 Å². The molecule has 1 amide bonds. The van der Waals surface area contributed by atoms with Gasteiger partial charge in [-0.25, -0.2) is 4.39 Å². The maximum Gasteiger partial charge on any atom is 0.254 e. The monoisotopic (exact) mass is 403 g/mol. The Morgan fingerprint density at radius 2 is 1.77 bits per heavy atom. The highest BCUT2D eigenvalue weighted by molar-refractivity contribution is 5.93. The van der Waals surface area contributed by atoms with Gasteiger partial charge in [-0.2, -0.15) is 10.2 Å². The molecule has 152 valence electrons. The van der Waals surface area contributed by atoms with Gasteiger partial charge in [0.2, 0.25) is 0 Å². The summed E-state index contributed by atoms with van der Waals surface area (Å²) in [5.74, 6) is -0.599. The number of benzene rings is 2. The highest BCUT2D eigenvalue weighted by atomic mass is 19.1. The number of hydrogen-bond donors (Lipinski definition) is 1. The van der Waals surface area contributed by atoms with Gasteiger partial charge in [-0.05, 0) is 35.7 Å². The summed E-state index contributed by atoms with van der Waals surface area (Å²) in [7, 11) is 0. The van der Waals surface area contributed by atoms with Crippen molar-refractivity contribution in [3.8, 4) is 0 Å². The summed E-state index contributed by atoms with van der Waals surface area (Å²) in [6, 6.07) is 15.1. The van der Waals surface area contributed by atoms with Gasteiger partial charge < -0.3 is 5.32 Å². The van der Waals surface area contributed by atoms with E-state index in [4.69, 9.17) is 0 Å². The van der Waals surface area contributed by atoms with E-state index >= 15 is 0 Å². The molecule has 0 saturated carbocycles. The SMILES string of the molecule is Cc1ccc(CNC(=O)c2cnn(Cc3ccc(Cn4cccn4)cc3)c2)c(F)c1. The van der Waals surface area contributed by atoms with Gasteiger partial charge in [0.15, 0.2) is 0 Å². The molecule has 0 atom stereocenters. The van der Waals surface area contributed by atoms with E-state index in [1.54, 1.807) is 23.1 Å². The largest absolute Gasteiger partial charge is 0.348 e. The van der Waals surface area contributed by atoms with Gasteiger partial charge in [-0.15, -0.1) is 0 Å². The minimum atomic E-state index is -0.318. The first kappa shape index (κ1) is 19.6. The van der Waals surface area contributed by atoms with Gasteiger partial charge in [0.05, 0.1) is 24.8 Å². The van der Waals surface area contributed by atoms with Crippen LogP contribution in [0.3, 0.4) is 0 Å². The van der Waals surface area contributed by atoms with Crippen molar-refractivity contribution >= 4 is 5.91 Å². The van der Waals surface area contributed by atoms with E-state index in [0.717, 1.165) is 23.2 Å². The Morgan fingerprint density at radius 1 is 1.03 bits per heavy atom. The Morgan fingerprint density at radius 3 is 2.43 bits per heavy atom. The number of aromatic nitrogens is 4. The molecule has 0 spiro atoms. The van der Waals surface area contributed by atoms with Crippen LogP contribution in [-0.2, 0) is 19.6 Å². The van der Waals surface area contributed by atoms with Crippen LogP contribution in [0.4, 0.5) is 4.39 Å². The highest BCUT2D eigenvalue weighted by Gasteiger charge is 2.10. The second-order valence-corrected chi connectivity index (χ2v) is 7.22. The average molecular weight is 403 g/mol. The lowest BCUT2D eigenvalue weighted by Crippen LogP contribution is -2.23. The number of nitrogens with zero attached hydrogens (tertiary/aromatic N) is 4. The van der Waals surface area contributed by atoms with Crippen molar-refractivity contribution < 1.29 is 9.18 Å². The van der Waals surface area contributed by atoms with Crippen molar-refractivity contribution in [1.82, 2.24) is 24.9 Å². The summed E-state index contributed by atoms with van der Waals surface area (Å²) in [5, 5.41) is 11.2. The lowest BCUT2D eigenvalue weighted by atomic mass is 10.1. The molecule has 0 radical (unpaired) electrons. The van der Waals surface area contributed by atoms with Gasteiger partial charge in [-0.1, -0.05) is 36.4 Å². The predicted molar refractivity (Wildman–Crippen MR) is 111 cm³/mol. The predicted octanol–water partition coefficient (Wildman–Crippen LogP) is 3.55. The Labute approximate surface area is 174 Å². The second-order valence-electron chi connectivity index (χ2n) is 7.22. The van der Waals surface area contributed by atoms with Crippen LogP contribution in [0.1, 0.15) is 32.6 Å². The molecule has 0 aliphatic rings. The highest BCUT2D eigenvalue weighted by Crippen LogP contribution is 2.11. The number of halogens is 1. The van der Waals surface area contributed by atoms with E-state index in [9.17, 15) is 9.18 Å². The molecule has 1 N–H and O–H groups in total. The van der Waals surface area contributed by atoms with Gasteiger partial charge in [0.25, 0.3) is 5.91 Å². The van der Waals surface area contributed by atoms with E-state index in [1.807, 2.05) is 42.1 Å². The topological polar surface area (TPSA) is 64.7 Å². The number of aryl methyl sites for hydroxylation is 1. The molecule has 4 aromatic rings. The fourth-order valence-corrected chi connectivity index (χ4v) is 3.16. The van der Waals surface area contributed by atoms with Crippen molar-refractivity contribution in [3.05, 3.63) is 107 Å². The molecule has 2 aromatic carbocycles. The van der Waals surface area contributed by atoms with Crippen LogP contribution in [0.25, 0.3) is 0 Å². The molecule has 0 saturated heterocycles. The lowest BCUT2D eigenvalue weighted by molar-refractivity contribution is 0.0950. The molecule has 7 heteroatoms. The zero-order valence-electron chi connectivity index (χ0n) is 16.6. The average Bonchev–Trinajstić information content (AvgIpc) is 3.41. The Kier molecular flexibility index (Phi) is 5.70. The third-order valence-corrected chi connectivity index (χ3v) is 4.81. The first-order valence-corrected chi connectivity index (χ1v) is 9.68. The molecule has 6 nitrogen and oxygen atoms in total. The Balaban J connectivity index is 1.33. The van der Waals surface area contributed by atoms with Crippen LogP contribution in [0.15, 0.2) is 73.3 Å². The minimum absolute atomic E-state index is 0.133. The normalized spacial score (nSPS) is 10.9. The summed E-state index contributed by atoms with van der Waals surface area (Å²) in [6.07, 6.45) is 6.90. The zero-order valence-corrected chi connectivity index (χ0v) is 16.6. The summed E-state index contributed by atoms with van der Waals surface area (Å²) in [5.41, 5.74) is 3.98.